The van der Waals surface area contributed by atoms with Crippen LogP contribution in [0.4, 0.5) is 4.39 Å². The minimum Gasteiger partial charge on any atom is -0.476 e. The van der Waals surface area contributed by atoms with Crippen LogP contribution in [0.3, 0.4) is 0 Å². The fourth-order valence-corrected chi connectivity index (χ4v) is 2.76. The third-order valence-electron chi connectivity index (χ3n) is 3.24. The Morgan fingerprint density at radius 1 is 1.38 bits per heavy atom. The minimum atomic E-state index is -1.14. The van der Waals surface area contributed by atoms with E-state index in [0.29, 0.717) is 30.0 Å². The number of carboxylic acids is 1. The molecule has 110 valence electrons. The van der Waals surface area contributed by atoms with E-state index in [4.69, 9.17) is 27.9 Å². The van der Waals surface area contributed by atoms with E-state index < -0.39 is 11.8 Å². The molecule has 0 radical (unpaired) electrons. The first-order valence-electron chi connectivity index (χ1n) is 6.05. The van der Waals surface area contributed by atoms with Crippen molar-refractivity contribution < 1.29 is 19.0 Å². The highest BCUT2D eigenvalue weighted by Crippen LogP contribution is 2.29. The van der Waals surface area contributed by atoms with Crippen molar-refractivity contribution in [2.24, 2.45) is 0 Å². The molecule has 1 aromatic carbocycles. The van der Waals surface area contributed by atoms with Gasteiger partial charge in [-0.05, 0) is 12.1 Å². The molecule has 21 heavy (non-hydrogen) atoms. The maximum atomic E-state index is 13.5. The van der Waals surface area contributed by atoms with Crippen molar-refractivity contribution in [3.8, 4) is 5.69 Å². The van der Waals surface area contributed by atoms with E-state index in [9.17, 15) is 14.3 Å². The molecular weight excluding hydrogens is 322 g/mol. The summed E-state index contributed by atoms with van der Waals surface area (Å²) in [6, 6.07) is 2.72. The second-order valence-corrected chi connectivity index (χ2v) is 5.33. The molecule has 0 unspecified atom stereocenters. The number of aromatic nitrogens is 2. The number of rotatable bonds is 2. The normalized spacial score (nSPS) is 14.0. The molecule has 0 spiro atoms. The van der Waals surface area contributed by atoms with Gasteiger partial charge in [-0.3, -0.25) is 0 Å². The largest absolute Gasteiger partial charge is 0.476 e. The van der Waals surface area contributed by atoms with Crippen LogP contribution in [0, 0.1) is 5.82 Å². The molecule has 1 aromatic heterocycles. The van der Waals surface area contributed by atoms with Gasteiger partial charge in [0.25, 0.3) is 0 Å². The summed E-state index contributed by atoms with van der Waals surface area (Å²) in [5.41, 5.74) is 1.56. The van der Waals surface area contributed by atoms with Crippen LogP contribution in [-0.2, 0) is 17.8 Å². The standard InChI is InChI=1S/C13H9Cl2FN2O3/c14-8-3-6(4-9(15)11(8)16)18-10-1-2-21-5-7(10)12(17-18)13(19)20/h3-4H,1-2,5H2,(H,19,20). The minimum absolute atomic E-state index is 0.0822. The van der Waals surface area contributed by atoms with Crippen molar-refractivity contribution in [1.82, 2.24) is 9.78 Å². The molecule has 0 aliphatic carbocycles. The van der Waals surface area contributed by atoms with E-state index in [-0.39, 0.29) is 22.3 Å². The van der Waals surface area contributed by atoms with Crippen LogP contribution < -0.4 is 0 Å². The van der Waals surface area contributed by atoms with Crippen molar-refractivity contribution in [2.75, 3.05) is 6.61 Å². The number of hydrogen-bond acceptors (Lipinski definition) is 3. The fourth-order valence-electron chi connectivity index (χ4n) is 2.29. The number of hydrogen-bond donors (Lipinski definition) is 1. The molecule has 2 aromatic rings. The molecular formula is C13H9Cl2FN2O3. The molecule has 3 rings (SSSR count). The Morgan fingerprint density at radius 3 is 2.67 bits per heavy atom. The Hall–Kier alpha value is -1.63. The van der Waals surface area contributed by atoms with E-state index in [1.54, 1.807) is 0 Å². The van der Waals surface area contributed by atoms with E-state index in [1.807, 2.05) is 0 Å². The van der Waals surface area contributed by atoms with Crippen LogP contribution in [0.25, 0.3) is 5.69 Å². The Balaban J connectivity index is 2.21. The van der Waals surface area contributed by atoms with Crippen molar-refractivity contribution in [3.63, 3.8) is 0 Å². The lowest BCUT2D eigenvalue weighted by Crippen LogP contribution is -2.13. The molecule has 0 atom stereocenters. The van der Waals surface area contributed by atoms with Gasteiger partial charge in [-0.15, -0.1) is 0 Å². The first-order chi connectivity index (χ1) is 9.99. The van der Waals surface area contributed by atoms with Gasteiger partial charge in [-0.2, -0.15) is 5.10 Å². The Morgan fingerprint density at radius 2 is 2.05 bits per heavy atom. The smallest absolute Gasteiger partial charge is 0.356 e. The molecule has 5 nitrogen and oxygen atoms in total. The van der Waals surface area contributed by atoms with Crippen LogP contribution in [0.15, 0.2) is 12.1 Å². The summed E-state index contributed by atoms with van der Waals surface area (Å²) in [5.74, 6) is -1.86. The number of ether oxygens (including phenoxy) is 1. The zero-order chi connectivity index (χ0) is 15.1. The predicted molar refractivity (Wildman–Crippen MR) is 73.9 cm³/mol. The lowest BCUT2D eigenvalue weighted by atomic mass is 10.1. The zero-order valence-electron chi connectivity index (χ0n) is 10.6. The van der Waals surface area contributed by atoms with E-state index >= 15 is 0 Å². The monoisotopic (exact) mass is 330 g/mol. The van der Waals surface area contributed by atoms with Gasteiger partial charge in [-0.1, -0.05) is 23.2 Å². The van der Waals surface area contributed by atoms with Crippen molar-refractivity contribution in [2.45, 2.75) is 13.0 Å². The van der Waals surface area contributed by atoms with Gasteiger partial charge in [0.05, 0.1) is 34.6 Å². The molecule has 1 aliphatic heterocycles. The van der Waals surface area contributed by atoms with Crippen molar-refractivity contribution >= 4 is 29.2 Å². The average molecular weight is 331 g/mol. The number of aromatic carboxylic acids is 1. The van der Waals surface area contributed by atoms with Gasteiger partial charge in [-0.25, -0.2) is 13.9 Å². The lowest BCUT2D eigenvalue weighted by molar-refractivity contribution is 0.0677. The molecule has 1 N–H and O–H groups in total. The number of fused-ring (bicyclic) bond motifs is 1. The maximum absolute atomic E-state index is 13.5. The summed E-state index contributed by atoms with van der Waals surface area (Å²) in [4.78, 5) is 11.3. The molecule has 0 amide bonds. The molecule has 0 saturated heterocycles. The van der Waals surface area contributed by atoms with Gasteiger partial charge < -0.3 is 9.84 Å². The van der Waals surface area contributed by atoms with Crippen LogP contribution >= 0.6 is 23.2 Å². The van der Waals surface area contributed by atoms with Gasteiger partial charge in [0, 0.05) is 12.0 Å². The summed E-state index contributed by atoms with van der Waals surface area (Å²) in [6.07, 6.45) is 0.502. The number of halogens is 3. The van der Waals surface area contributed by atoms with Gasteiger partial charge in [0.2, 0.25) is 0 Å². The SMILES string of the molecule is O=C(O)c1nn(-c2cc(Cl)c(F)c(Cl)c2)c2c1COCC2. The van der Waals surface area contributed by atoms with E-state index in [1.165, 1.54) is 16.8 Å². The third-order valence-corrected chi connectivity index (χ3v) is 3.79. The number of benzene rings is 1. The molecule has 0 fully saturated rings. The number of nitrogens with zero attached hydrogens (tertiary/aromatic N) is 2. The summed E-state index contributed by atoms with van der Waals surface area (Å²) >= 11 is 11.6. The van der Waals surface area contributed by atoms with Gasteiger partial charge in [0.15, 0.2) is 11.5 Å². The first kappa shape index (κ1) is 14.3. The maximum Gasteiger partial charge on any atom is 0.356 e. The second kappa shape index (κ2) is 5.29. The fraction of sp³-hybridized carbons (Fsp3) is 0.231. The Labute approximate surface area is 128 Å². The average Bonchev–Trinajstić information content (AvgIpc) is 2.84. The molecule has 1 aliphatic rings. The van der Waals surface area contributed by atoms with Gasteiger partial charge >= 0.3 is 5.97 Å². The summed E-state index contributed by atoms with van der Waals surface area (Å²) < 4.78 is 20.2. The zero-order valence-corrected chi connectivity index (χ0v) is 12.1. The predicted octanol–water partition coefficient (Wildman–Crippen LogP) is 3.09. The van der Waals surface area contributed by atoms with Gasteiger partial charge in [0.1, 0.15) is 0 Å². The lowest BCUT2D eigenvalue weighted by Gasteiger charge is -2.15. The summed E-state index contributed by atoms with van der Waals surface area (Å²) in [6.45, 7) is 0.639. The quantitative estimate of drug-likeness (QED) is 0.859. The second-order valence-electron chi connectivity index (χ2n) is 4.52. The Kier molecular flexibility index (Phi) is 3.61. The first-order valence-corrected chi connectivity index (χ1v) is 6.81. The van der Waals surface area contributed by atoms with Crippen molar-refractivity contribution in [1.29, 1.82) is 0 Å². The summed E-state index contributed by atoms with van der Waals surface area (Å²) in [7, 11) is 0. The third kappa shape index (κ3) is 2.39. The molecule has 8 heteroatoms. The topological polar surface area (TPSA) is 64.3 Å². The highest BCUT2D eigenvalue weighted by atomic mass is 35.5. The molecule has 0 bridgehead atoms. The summed E-state index contributed by atoms with van der Waals surface area (Å²) in [5, 5.41) is 13.0. The Bertz CT molecular complexity index is 722. The van der Waals surface area contributed by atoms with E-state index in [2.05, 4.69) is 5.10 Å². The van der Waals surface area contributed by atoms with E-state index in [0.717, 1.165) is 0 Å². The van der Waals surface area contributed by atoms with Crippen LogP contribution in [0.1, 0.15) is 21.7 Å². The molecule has 0 saturated carbocycles. The number of carbonyl (C=O) groups is 1. The van der Waals surface area contributed by atoms with Crippen LogP contribution in [0.5, 0.6) is 0 Å². The highest BCUT2D eigenvalue weighted by Gasteiger charge is 2.26. The number of carboxylic acid groups (broad SMARTS) is 1. The van der Waals surface area contributed by atoms with Crippen LogP contribution in [-0.4, -0.2) is 27.5 Å². The van der Waals surface area contributed by atoms with Crippen LogP contribution in [0.2, 0.25) is 10.0 Å². The highest BCUT2D eigenvalue weighted by molar-refractivity contribution is 6.35. The molecule has 2 heterocycles. The van der Waals surface area contributed by atoms with Crippen molar-refractivity contribution in [3.05, 3.63) is 44.9 Å².